The Kier molecular flexibility index (Phi) is 6.58. The molecular formula is C19H19NO4. The van der Waals surface area contributed by atoms with Gasteiger partial charge >= 0.3 is 5.97 Å². The van der Waals surface area contributed by atoms with Crippen molar-refractivity contribution in [1.82, 2.24) is 0 Å². The first-order valence-electron chi connectivity index (χ1n) is 7.63. The molecule has 24 heavy (non-hydrogen) atoms. The summed E-state index contributed by atoms with van der Waals surface area (Å²) in [5.74, 6) is -1.13. The van der Waals surface area contributed by atoms with Gasteiger partial charge in [-0.1, -0.05) is 42.5 Å². The van der Waals surface area contributed by atoms with Crippen molar-refractivity contribution in [1.29, 1.82) is 0 Å². The van der Waals surface area contributed by atoms with Crippen molar-refractivity contribution in [3.8, 4) is 5.75 Å². The molecule has 0 radical (unpaired) electrons. The maximum Gasteiger partial charge on any atom is 0.328 e. The summed E-state index contributed by atoms with van der Waals surface area (Å²) in [6.45, 7) is 0.521. The van der Waals surface area contributed by atoms with Crippen LogP contribution in [0.4, 0.5) is 5.69 Å². The molecule has 0 atom stereocenters. The molecule has 0 aliphatic rings. The number of carbonyl (C=O) groups is 2. The Morgan fingerprint density at radius 2 is 1.71 bits per heavy atom. The number of hydrogen-bond acceptors (Lipinski definition) is 3. The largest absolute Gasteiger partial charge is 0.491 e. The number of para-hydroxylation sites is 2. The molecule has 0 spiro atoms. The summed E-state index contributed by atoms with van der Waals surface area (Å²) in [5.41, 5.74) is 1.76. The number of aryl methyl sites for hydroxylation is 1. The van der Waals surface area contributed by atoms with Gasteiger partial charge in [0.15, 0.2) is 0 Å². The summed E-state index contributed by atoms with van der Waals surface area (Å²) >= 11 is 0. The lowest BCUT2D eigenvalue weighted by Crippen LogP contribution is -2.10. The highest BCUT2D eigenvalue weighted by molar-refractivity contribution is 6.03. The van der Waals surface area contributed by atoms with Crippen molar-refractivity contribution >= 4 is 17.6 Å². The highest BCUT2D eigenvalue weighted by Gasteiger charge is 2.06. The molecule has 0 fully saturated rings. The predicted octanol–water partition coefficient (Wildman–Crippen LogP) is 3.28. The Morgan fingerprint density at radius 3 is 2.46 bits per heavy atom. The maximum atomic E-state index is 11.7. The van der Waals surface area contributed by atoms with Crippen LogP contribution in [0.5, 0.6) is 5.75 Å². The second-order valence-corrected chi connectivity index (χ2v) is 5.09. The second-order valence-electron chi connectivity index (χ2n) is 5.09. The quantitative estimate of drug-likeness (QED) is 0.577. The number of benzene rings is 2. The lowest BCUT2D eigenvalue weighted by Gasteiger charge is -2.11. The van der Waals surface area contributed by atoms with Gasteiger partial charge in [-0.2, -0.15) is 0 Å². The Balaban J connectivity index is 1.86. The lowest BCUT2D eigenvalue weighted by molar-refractivity contribution is -0.131. The fourth-order valence-corrected chi connectivity index (χ4v) is 2.12. The van der Waals surface area contributed by atoms with Crippen LogP contribution in [0.1, 0.15) is 12.0 Å². The third kappa shape index (κ3) is 5.96. The number of rotatable bonds is 8. The van der Waals surface area contributed by atoms with Crippen molar-refractivity contribution in [2.45, 2.75) is 12.8 Å². The van der Waals surface area contributed by atoms with Crippen LogP contribution in [0.3, 0.4) is 0 Å². The molecule has 2 N–H and O–H groups in total. The van der Waals surface area contributed by atoms with Gasteiger partial charge in [-0.25, -0.2) is 4.79 Å². The van der Waals surface area contributed by atoms with Gasteiger partial charge in [-0.05, 0) is 30.5 Å². The minimum absolute atomic E-state index is 0.511. The molecule has 2 rings (SSSR count). The number of carbonyl (C=O) groups excluding carboxylic acids is 1. The number of hydrogen-bond donors (Lipinski definition) is 2. The zero-order chi connectivity index (χ0) is 17.2. The predicted molar refractivity (Wildman–Crippen MR) is 92.1 cm³/mol. The molecule has 5 heteroatoms. The summed E-state index contributed by atoms with van der Waals surface area (Å²) in [4.78, 5) is 22.1. The zero-order valence-electron chi connectivity index (χ0n) is 13.1. The number of amides is 1. The van der Waals surface area contributed by atoms with Gasteiger partial charge < -0.3 is 15.2 Å². The summed E-state index contributed by atoms with van der Waals surface area (Å²) in [6, 6.07) is 17.2. The smallest absolute Gasteiger partial charge is 0.328 e. The fraction of sp³-hybridized carbons (Fsp3) is 0.158. The molecule has 0 bridgehead atoms. The number of anilines is 1. The van der Waals surface area contributed by atoms with Crippen molar-refractivity contribution in [2.24, 2.45) is 0 Å². The first kappa shape index (κ1) is 17.3. The van der Waals surface area contributed by atoms with Crippen LogP contribution in [0.15, 0.2) is 66.7 Å². The Labute approximate surface area is 140 Å². The average Bonchev–Trinajstić information content (AvgIpc) is 2.59. The summed E-state index contributed by atoms with van der Waals surface area (Å²) in [5, 5.41) is 11.1. The van der Waals surface area contributed by atoms with Gasteiger partial charge in [0, 0.05) is 12.2 Å². The van der Waals surface area contributed by atoms with E-state index in [2.05, 4.69) is 17.4 Å². The van der Waals surface area contributed by atoms with Crippen molar-refractivity contribution < 1.29 is 19.4 Å². The van der Waals surface area contributed by atoms with E-state index in [1.54, 1.807) is 18.2 Å². The molecule has 2 aromatic rings. The molecule has 0 unspecified atom stereocenters. The number of carboxylic acids is 1. The molecule has 2 aromatic carbocycles. The molecule has 5 nitrogen and oxygen atoms in total. The van der Waals surface area contributed by atoms with Gasteiger partial charge in [-0.3, -0.25) is 4.79 Å². The topological polar surface area (TPSA) is 75.6 Å². The molecule has 0 aliphatic carbocycles. The molecule has 0 aliphatic heterocycles. The van der Waals surface area contributed by atoms with Crippen LogP contribution >= 0.6 is 0 Å². The highest BCUT2D eigenvalue weighted by Crippen LogP contribution is 2.24. The lowest BCUT2D eigenvalue weighted by atomic mass is 10.1. The molecule has 0 aromatic heterocycles. The van der Waals surface area contributed by atoms with Crippen LogP contribution in [0.2, 0.25) is 0 Å². The first-order chi connectivity index (χ1) is 11.6. The third-order valence-electron chi connectivity index (χ3n) is 3.23. The van der Waals surface area contributed by atoms with Gasteiger partial charge in [0.1, 0.15) is 5.75 Å². The highest BCUT2D eigenvalue weighted by atomic mass is 16.5. The number of nitrogens with one attached hydrogen (secondary N) is 1. The van der Waals surface area contributed by atoms with E-state index in [-0.39, 0.29) is 0 Å². The van der Waals surface area contributed by atoms with E-state index in [9.17, 15) is 9.59 Å². The van der Waals surface area contributed by atoms with Crippen LogP contribution in [-0.2, 0) is 16.0 Å². The first-order valence-corrected chi connectivity index (χ1v) is 7.63. The second kappa shape index (κ2) is 9.15. The summed E-state index contributed by atoms with van der Waals surface area (Å²) in [7, 11) is 0. The van der Waals surface area contributed by atoms with E-state index in [0.717, 1.165) is 25.0 Å². The standard InChI is InChI=1S/C19H19NO4/c21-18(12-13-19(22)23)20-16-10-4-5-11-17(16)24-14-6-9-15-7-2-1-3-8-15/h1-5,7-8,10-13H,6,9,14H2,(H,20,21)(H,22,23)/b13-12+. The zero-order valence-corrected chi connectivity index (χ0v) is 13.1. The van der Waals surface area contributed by atoms with Crippen molar-refractivity contribution in [3.05, 3.63) is 72.3 Å². The van der Waals surface area contributed by atoms with Gasteiger partial charge in [0.05, 0.1) is 12.3 Å². The van der Waals surface area contributed by atoms with Crippen molar-refractivity contribution in [2.75, 3.05) is 11.9 Å². The fourth-order valence-electron chi connectivity index (χ4n) is 2.12. The van der Waals surface area contributed by atoms with Gasteiger partial charge in [-0.15, -0.1) is 0 Å². The Morgan fingerprint density at radius 1 is 1.00 bits per heavy atom. The number of ether oxygens (including phenoxy) is 1. The van der Waals surface area contributed by atoms with E-state index in [0.29, 0.717) is 18.0 Å². The van der Waals surface area contributed by atoms with Gasteiger partial charge in [0.2, 0.25) is 5.91 Å². The molecule has 124 valence electrons. The molecular weight excluding hydrogens is 306 g/mol. The summed E-state index contributed by atoms with van der Waals surface area (Å²) < 4.78 is 5.73. The molecule has 1 amide bonds. The van der Waals surface area contributed by atoms with Crippen molar-refractivity contribution in [3.63, 3.8) is 0 Å². The van der Waals surface area contributed by atoms with E-state index in [1.807, 2.05) is 24.3 Å². The Bertz CT molecular complexity index is 710. The minimum atomic E-state index is -1.17. The van der Waals surface area contributed by atoms with E-state index < -0.39 is 11.9 Å². The summed E-state index contributed by atoms with van der Waals surface area (Å²) in [6.07, 6.45) is 3.52. The maximum absolute atomic E-state index is 11.7. The van der Waals surface area contributed by atoms with Gasteiger partial charge in [0.25, 0.3) is 0 Å². The number of aliphatic carboxylic acids is 1. The number of carboxylic acid groups (broad SMARTS) is 1. The normalized spacial score (nSPS) is 10.5. The molecule has 0 saturated heterocycles. The minimum Gasteiger partial charge on any atom is -0.491 e. The SMILES string of the molecule is O=C(O)/C=C/C(=O)Nc1ccccc1OCCCc1ccccc1. The Hall–Kier alpha value is -3.08. The van der Waals surface area contributed by atoms with Crippen LogP contribution in [0.25, 0.3) is 0 Å². The van der Waals surface area contributed by atoms with Crippen LogP contribution in [0, 0.1) is 0 Å². The van der Waals surface area contributed by atoms with Crippen LogP contribution in [-0.4, -0.2) is 23.6 Å². The third-order valence-corrected chi connectivity index (χ3v) is 3.23. The van der Waals surface area contributed by atoms with E-state index in [4.69, 9.17) is 9.84 Å². The monoisotopic (exact) mass is 325 g/mol. The van der Waals surface area contributed by atoms with Crippen LogP contribution < -0.4 is 10.1 Å². The van der Waals surface area contributed by atoms with E-state index in [1.165, 1.54) is 5.56 Å². The van der Waals surface area contributed by atoms with E-state index >= 15 is 0 Å². The average molecular weight is 325 g/mol. The molecule has 0 heterocycles. The molecule has 0 saturated carbocycles.